The highest BCUT2D eigenvalue weighted by molar-refractivity contribution is 5.34. The van der Waals surface area contributed by atoms with Crippen LogP contribution in [0.5, 0.6) is 5.75 Å². The van der Waals surface area contributed by atoms with Gasteiger partial charge in [-0.25, -0.2) is 4.39 Å². The Kier molecular flexibility index (Phi) is 4.59. The second-order valence-electron chi connectivity index (χ2n) is 5.02. The molecule has 1 fully saturated rings. The van der Waals surface area contributed by atoms with Gasteiger partial charge in [0.15, 0.2) is 11.6 Å². The van der Waals surface area contributed by atoms with Crippen LogP contribution in [0.2, 0.25) is 0 Å². The van der Waals surface area contributed by atoms with E-state index >= 15 is 0 Å². The van der Waals surface area contributed by atoms with Crippen molar-refractivity contribution in [2.75, 3.05) is 13.7 Å². The van der Waals surface area contributed by atoms with Gasteiger partial charge in [-0.2, -0.15) is 0 Å². The van der Waals surface area contributed by atoms with Crippen LogP contribution in [-0.2, 0) is 0 Å². The molecule has 0 saturated heterocycles. The summed E-state index contributed by atoms with van der Waals surface area (Å²) in [5, 5.41) is 3.53. The molecule has 0 aromatic heterocycles. The van der Waals surface area contributed by atoms with E-state index in [-0.39, 0.29) is 5.82 Å². The van der Waals surface area contributed by atoms with Crippen LogP contribution in [0.15, 0.2) is 18.2 Å². The lowest BCUT2D eigenvalue weighted by Gasteiger charge is -2.15. The summed E-state index contributed by atoms with van der Waals surface area (Å²) in [4.78, 5) is 0. The Bertz CT molecular complexity index is 394. The van der Waals surface area contributed by atoms with E-state index in [4.69, 9.17) is 4.74 Å². The number of ether oxygens (including phenoxy) is 1. The van der Waals surface area contributed by atoms with Crippen molar-refractivity contribution in [3.05, 3.63) is 29.6 Å². The predicted octanol–water partition coefficient (Wildman–Crippen LogP) is 3.47. The zero-order valence-electron chi connectivity index (χ0n) is 11.2. The van der Waals surface area contributed by atoms with E-state index in [1.807, 2.05) is 12.1 Å². The predicted molar refractivity (Wildman–Crippen MR) is 71.6 cm³/mol. The third kappa shape index (κ3) is 2.83. The Hall–Kier alpha value is -1.09. The van der Waals surface area contributed by atoms with Gasteiger partial charge in [-0.05, 0) is 49.8 Å². The van der Waals surface area contributed by atoms with Gasteiger partial charge in [0.25, 0.3) is 0 Å². The summed E-state index contributed by atoms with van der Waals surface area (Å²) < 4.78 is 19.2. The molecule has 0 radical (unpaired) electrons. The van der Waals surface area contributed by atoms with Crippen molar-refractivity contribution in [2.24, 2.45) is 0 Å². The number of halogens is 1. The molecule has 0 amide bonds. The monoisotopic (exact) mass is 251 g/mol. The van der Waals surface area contributed by atoms with Crippen molar-refractivity contribution >= 4 is 0 Å². The van der Waals surface area contributed by atoms with Crippen molar-refractivity contribution in [3.8, 4) is 5.75 Å². The minimum absolute atomic E-state index is 0.179. The quantitative estimate of drug-likeness (QED) is 0.865. The normalized spacial score (nSPS) is 23.3. The molecule has 0 spiro atoms. The van der Waals surface area contributed by atoms with Crippen LogP contribution in [-0.4, -0.2) is 19.7 Å². The summed E-state index contributed by atoms with van der Waals surface area (Å²) in [6.07, 6.45) is 4.38. The summed E-state index contributed by atoms with van der Waals surface area (Å²) >= 11 is 0. The second kappa shape index (κ2) is 6.19. The van der Waals surface area contributed by atoms with Crippen molar-refractivity contribution in [1.29, 1.82) is 0 Å². The fourth-order valence-corrected chi connectivity index (χ4v) is 2.80. The molecule has 1 aromatic carbocycles. The number of rotatable bonds is 5. The fourth-order valence-electron chi connectivity index (χ4n) is 2.80. The number of nitrogens with one attached hydrogen (secondary N) is 1. The van der Waals surface area contributed by atoms with Crippen molar-refractivity contribution in [2.45, 2.75) is 44.6 Å². The topological polar surface area (TPSA) is 21.3 Å². The third-order valence-electron chi connectivity index (χ3n) is 3.77. The molecular weight excluding hydrogens is 229 g/mol. The van der Waals surface area contributed by atoms with Crippen LogP contribution in [0.1, 0.15) is 44.1 Å². The van der Waals surface area contributed by atoms with E-state index in [2.05, 4.69) is 12.2 Å². The first-order valence-electron chi connectivity index (χ1n) is 6.82. The highest BCUT2D eigenvalue weighted by Crippen LogP contribution is 2.37. The number of hydrogen-bond donors (Lipinski definition) is 1. The van der Waals surface area contributed by atoms with Crippen molar-refractivity contribution < 1.29 is 9.13 Å². The van der Waals surface area contributed by atoms with Crippen LogP contribution < -0.4 is 10.1 Å². The highest BCUT2D eigenvalue weighted by Gasteiger charge is 2.28. The molecule has 1 saturated carbocycles. The first-order chi connectivity index (χ1) is 8.76. The van der Waals surface area contributed by atoms with E-state index in [9.17, 15) is 4.39 Å². The lowest BCUT2D eigenvalue weighted by Crippen LogP contribution is -2.26. The van der Waals surface area contributed by atoms with Crippen LogP contribution in [0, 0.1) is 5.82 Å². The molecule has 0 heterocycles. The van der Waals surface area contributed by atoms with Gasteiger partial charge in [-0.3, -0.25) is 0 Å². The summed E-state index contributed by atoms with van der Waals surface area (Å²) in [5.74, 6) is 0.507. The first-order valence-corrected chi connectivity index (χ1v) is 6.82. The maximum atomic E-state index is 14.2. The zero-order valence-corrected chi connectivity index (χ0v) is 11.2. The number of methoxy groups -OCH3 is 1. The summed E-state index contributed by atoms with van der Waals surface area (Å²) in [6, 6.07) is 6.00. The fraction of sp³-hybridized carbons (Fsp3) is 0.600. The van der Waals surface area contributed by atoms with E-state index in [1.165, 1.54) is 7.11 Å². The van der Waals surface area contributed by atoms with Gasteiger partial charge in [0, 0.05) is 6.04 Å². The molecule has 1 aromatic rings. The molecule has 0 aliphatic heterocycles. The van der Waals surface area contributed by atoms with E-state index in [1.54, 1.807) is 6.07 Å². The standard InChI is InChI=1S/C15H22FNO/c1-3-9-17-12-8-7-11(10-12)13-5-4-6-14(18-2)15(13)16/h4-6,11-12,17H,3,7-10H2,1-2H3. The SMILES string of the molecule is CCCNC1CCC(c2cccc(OC)c2F)C1. The Morgan fingerprint density at radius 2 is 2.22 bits per heavy atom. The van der Waals surface area contributed by atoms with E-state index < -0.39 is 0 Å². The van der Waals surface area contributed by atoms with Gasteiger partial charge in [-0.15, -0.1) is 0 Å². The largest absolute Gasteiger partial charge is 0.494 e. The van der Waals surface area contributed by atoms with Crippen LogP contribution in [0.25, 0.3) is 0 Å². The highest BCUT2D eigenvalue weighted by atomic mass is 19.1. The maximum Gasteiger partial charge on any atom is 0.168 e. The number of benzene rings is 1. The summed E-state index contributed by atoms with van der Waals surface area (Å²) in [7, 11) is 1.52. The lowest BCUT2D eigenvalue weighted by atomic mass is 9.96. The molecular formula is C15H22FNO. The van der Waals surface area contributed by atoms with Gasteiger partial charge < -0.3 is 10.1 Å². The smallest absolute Gasteiger partial charge is 0.168 e. The molecule has 2 unspecified atom stereocenters. The van der Waals surface area contributed by atoms with Gasteiger partial charge >= 0.3 is 0 Å². The van der Waals surface area contributed by atoms with Gasteiger partial charge in [0.05, 0.1) is 7.11 Å². The number of hydrogen-bond acceptors (Lipinski definition) is 2. The van der Waals surface area contributed by atoms with Crippen molar-refractivity contribution in [3.63, 3.8) is 0 Å². The Labute approximate surface area is 109 Å². The maximum absolute atomic E-state index is 14.2. The van der Waals surface area contributed by atoms with Crippen LogP contribution in [0.3, 0.4) is 0 Å². The lowest BCUT2D eigenvalue weighted by molar-refractivity contribution is 0.382. The Balaban J connectivity index is 2.05. The molecule has 3 heteroatoms. The zero-order chi connectivity index (χ0) is 13.0. The molecule has 1 aliphatic carbocycles. The first kappa shape index (κ1) is 13.3. The van der Waals surface area contributed by atoms with Crippen molar-refractivity contribution in [1.82, 2.24) is 5.32 Å². The van der Waals surface area contributed by atoms with Gasteiger partial charge in [-0.1, -0.05) is 19.1 Å². The van der Waals surface area contributed by atoms with Gasteiger partial charge in [0.1, 0.15) is 0 Å². The van der Waals surface area contributed by atoms with Crippen LogP contribution >= 0.6 is 0 Å². The average molecular weight is 251 g/mol. The molecule has 18 heavy (non-hydrogen) atoms. The minimum Gasteiger partial charge on any atom is -0.494 e. The molecule has 2 nitrogen and oxygen atoms in total. The van der Waals surface area contributed by atoms with Crippen LogP contribution in [0.4, 0.5) is 4.39 Å². The molecule has 0 bridgehead atoms. The van der Waals surface area contributed by atoms with Gasteiger partial charge in [0.2, 0.25) is 0 Å². The second-order valence-corrected chi connectivity index (χ2v) is 5.02. The van der Waals surface area contributed by atoms with E-state index in [0.29, 0.717) is 17.7 Å². The summed E-state index contributed by atoms with van der Waals surface area (Å²) in [5.41, 5.74) is 0.815. The molecule has 1 N–H and O–H groups in total. The Morgan fingerprint density at radius 3 is 2.94 bits per heavy atom. The summed E-state index contributed by atoms with van der Waals surface area (Å²) in [6.45, 7) is 3.22. The third-order valence-corrected chi connectivity index (χ3v) is 3.77. The van der Waals surface area contributed by atoms with E-state index in [0.717, 1.165) is 37.8 Å². The average Bonchev–Trinajstić information content (AvgIpc) is 2.85. The molecule has 1 aliphatic rings. The molecule has 2 rings (SSSR count). The molecule has 100 valence electrons. The minimum atomic E-state index is -0.179. The molecule has 2 atom stereocenters. The Morgan fingerprint density at radius 1 is 1.39 bits per heavy atom.